The number of fused-ring (bicyclic) bond motifs is 1. The Balaban J connectivity index is 2.01. The molecule has 0 aromatic rings. The number of terminal acetylenes is 1. The summed E-state index contributed by atoms with van der Waals surface area (Å²) in [5.41, 5.74) is 0. The Labute approximate surface area is 107 Å². The second-order valence-corrected chi connectivity index (χ2v) is 4.99. The minimum Gasteiger partial charge on any atom is -0.480 e. The van der Waals surface area contributed by atoms with E-state index >= 15 is 0 Å². The maximum Gasteiger partial charge on any atom is 0.326 e. The predicted octanol–water partition coefficient (Wildman–Crippen LogP) is -0.0791. The molecule has 5 nitrogen and oxygen atoms in total. The Morgan fingerprint density at radius 3 is 2.89 bits per heavy atom. The standard InChI is InChI=1S/C13H18N2O3/c1-2-6-14-7-11(16)15-8-9-4-3-5-10(9)12(15)13(17)18/h1,9-10,12,14H,3-8H2,(H,17,18). The first-order valence-electron chi connectivity index (χ1n) is 6.31. The number of nitrogens with one attached hydrogen (secondary N) is 1. The summed E-state index contributed by atoms with van der Waals surface area (Å²) in [7, 11) is 0. The molecular weight excluding hydrogens is 232 g/mol. The molecule has 3 unspecified atom stereocenters. The van der Waals surface area contributed by atoms with Crippen LogP contribution in [-0.2, 0) is 9.59 Å². The van der Waals surface area contributed by atoms with Crippen molar-refractivity contribution in [2.75, 3.05) is 19.6 Å². The van der Waals surface area contributed by atoms with Gasteiger partial charge in [-0.15, -0.1) is 6.42 Å². The highest BCUT2D eigenvalue weighted by Crippen LogP contribution is 2.42. The van der Waals surface area contributed by atoms with Gasteiger partial charge in [-0.25, -0.2) is 4.79 Å². The van der Waals surface area contributed by atoms with Crippen molar-refractivity contribution < 1.29 is 14.7 Å². The van der Waals surface area contributed by atoms with Crippen LogP contribution in [0.15, 0.2) is 0 Å². The average molecular weight is 250 g/mol. The molecule has 2 fully saturated rings. The number of rotatable bonds is 4. The van der Waals surface area contributed by atoms with E-state index in [-0.39, 0.29) is 18.4 Å². The average Bonchev–Trinajstić information content (AvgIpc) is 2.87. The van der Waals surface area contributed by atoms with Gasteiger partial charge < -0.3 is 10.0 Å². The smallest absolute Gasteiger partial charge is 0.326 e. The minimum atomic E-state index is -0.880. The van der Waals surface area contributed by atoms with Crippen LogP contribution in [0.25, 0.3) is 0 Å². The highest BCUT2D eigenvalue weighted by atomic mass is 16.4. The number of carbonyl (C=O) groups is 2. The van der Waals surface area contributed by atoms with E-state index in [2.05, 4.69) is 11.2 Å². The van der Waals surface area contributed by atoms with E-state index in [4.69, 9.17) is 6.42 Å². The van der Waals surface area contributed by atoms with Crippen LogP contribution in [-0.4, -0.2) is 47.6 Å². The molecule has 1 saturated heterocycles. The number of carboxylic acid groups (broad SMARTS) is 1. The van der Waals surface area contributed by atoms with Crippen molar-refractivity contribution >= 4 is 11.9 Å². The molecule has 0 spiro atoms. The molecule has 0 aromatic carbocycles. The van der Waals surface area contributed by atoms with E-state index in [0.29, 0.717) is 19.0 Å². The fourth-order valence-corrected chi connectivity index (χ4v) is 3.22. The van der Waals surface area contributed by atoms with Crippen LogP contribution in [0.1, 0.15) is 19.3 Å². The lowest BCUT2D eigenvalue weighted by Gasteiger charge is -2.24. The Bertz CT molecular complexity index is 388. The molecule has 1 aliphatic heterocycles. The third-order valence-corrected chi connectivity index (χ3v) is 3.97. The highest BCUT2D eigenvalue weighted by molar-refractivity contribution is 5.85. The Morgan fingerprint density at radius 2 is 2.22 bits per heavy atom. The third kappa shape index (κ3) is 2.34. The Kier molecular flexibility index (Phi) is 3.87. The van der Waals surface area contributed by atoms with Crippen LogP contribution in [0.2, 0.25) is 0 Å². The number of carboxylic acids is 1. The van der Waals surface area contributed by atoms with Gasteiger partial charge >= 0.3 is 5.97 Å². The lowest BCUT2D eigenvalue weighted by atomic mass is 9.94. The fourth-order valence-electron chi connectivity index (χ4n) is 3.22. The minimum absolute atomic E-state index is 0.118. The first kappa shape index (κ1) is 12.9. The van der Waals surface area contributed by atoms with Gasteiger partial charge in [-0.2, -0.15) is 0 Å². The summed E-state index contributed by atoms with van der Waals surface area (Å²) < 4.78 is 0. The quantitative estimate of drug-likeness (QED) is 0.541. The molecule has 0 bridgehead atoms. The number of nitrogens with zero attached hydrogens (tertiary/aromatic N) is 1. The van der Waals surface area contributed by atoms with Crippen molar-refractivity contribution in [3.63, 3.8) is 0 Å². The van der Waals surface area contributed by atoms with Crippen molar-refractivity contribution in [1.29, 1.82) is 0 Å². The summed E-state index contributed by atoms with van der Waals surface area (Å²) in [5, 5.41) is 12.1. The van der Waals surface area contributed by atoms with E-state index in [0.717, 1.165) is 19.3 Å². The number of carbonyl (C=O) groups excluding carboxylic acids is 1. The van der Waals surface area contributed by atoms with Crippen LogP contribution in [0.5, 0.6) is 0 Å². The van der Waals surface area contributed by atoms with Crippen molar-refractivity contribution in [3.8, 4) is 12.3 Å². The summed E-state index contributed by atoms with van der Waals surface area (Å²) in [4.78, 5) is 24.9. The molecule has 3 atom stereocenters. The van der Waals surface area contributed by atoms with Gasteiger partial charge in [0, 0.05) is 6.54 Å². The Hall–Kier alpha value is -1.54. The van der Waals surface area contributed by atoms with Crippen molar-refractivity contribution in [2.24, 2.45) is 11.8 Å². The number of aliphatic carboxylic acids is 1. The predicted molar refractivity (Wildman–Crippen MR) is 65.7 cm³/mol. The molecular formula is C13H18N2O3. The first-order valence-corrected chi connectivity index (χ1v) is 6.31. The van der Waals surface area contributed by atoms with Crippen molar-refractivity contribution in [2.45, 2.75) is 25.3 Å². The number of hydrogen-bond donors (Lipinski definition) is 2. The molecule has 1 amide bonds. The van der Waals surface area contributed by atoms with Gasteiger partial charge in [0.15, 0.2) is 0 Å². The van der Waals surface area contributed by atoms with Crippen LogP contribution in [0, 0.1) is 24.2 Å². The second kappa shape index (κ2) is 5.40. The zero-order valence-corrected chi connectivity index (χ0v) is 10.3. The number of amides is 1. The summed E-state index contributed by atoms with van der Waals surface area (Å²) in [5.74, 6) is 1.85. The summed E-state index contributed by atoms with van der Waals surface area (Å²) in [6.07, 6.45) is 8.12. The van der Waals surface area contributed by atoms with E-state index in [9.17, 15) is 14.7 Å². The van der Waals surface area contributed by atoms with E-state index in [1.807, 2.05) is 0 Å². The largest absolute Gasteiger partial charge is 0.480 e. The van der Waals surface area contributed by atoms with Gasteiger partial charge in [-0.05, 0) is 24.7 Å². The second-order valence-electron chi connectivity index (χ2n) is 4.99. The van der Waals surface area contributed by atoms with Crippen LogP contribution in [0.4, 0.5) is 0 Å². The summed E-state index contributed by atoms with van der Waals surface area (Å²) in [6.45, 7) is 1.02. The lowest BCUT2D eigenvalue weighted by Crippen LogP contribution is -2.46. The monoisotopic (exact) mass is 250 g/mol. The first-order chi connectivity index (χ1) is 8.65. The van der Waals surface area contributed by atoms with Gasteiger partial charge in [0.25, 0.3) is 0 Å². The maximum atomic E-state index is 12.0. The van der Waals surface area contributed by atoms with Gasteiger partial charge in [0.05, 0.1) is 13.1 Å². The van der Waals surface area contributed by atoms with Gasteiger partial charge in [-0.3, -0.25) is 10.1 Å². The SMILES string of the molecule is C#CCNCC(=O)N1CC2CCCC2C1C(=O)O. The van der Waals surface area contributed by atoms with Crippen molar-refractivity contribution in [1.82, 2.24) is 10.2 Å². The topological polar surface area (TPSA) is 69.6 Å². The van der Waals surface area contributed by atoms with Crippen LogP contribution < -0.4 is 5.32 Å². The number of likely N-dealkylation sites (tertiary alicyclic amines) is 1. The number of hydrogen-bond acceptors (Lipinski definition) is 3. The normalized spacial score (nSPS) is 29.9. The van der Waals surface area contributed by atoms with Crippen molar-refractivity contribution in [3.05, 3.63) is 0 Å². The molecule has 1 saturated carbocycles. The van der Waals surface area contributed by atoms with Gasteiger partial charge in [-0.1, -0.05) is 12.3 Å². The molecule has 98 valence electrons. The van der Waals surface area contributed by atoms with Crippen LogP contribution >= 0.6 is 0 Å². The van der Waals surface area contributed by atoms with Crippen LogP contribution in [0.3, 0.4) is 0 Å². The van der Waals surface area contributed by atoms with Gasteiger partial charge in [0.1, 0.15) is 6.04 Å². The van der Waals surface area contributed by atoms with E-state index in [1.165, 1.54) is 4.90 Å². The van der Waals surface area contributed by atoms with E-state index < -0.39 is 12.0 Å². The fraction of sp³-hybridized carbons (Fsp3) is 0.692. The molecule has 1 heterocycles. The summed E-state index contributed by atoms with van der Waals surface area (Å²) in [6, 6.07) is -0.641. The van der Waals surface area contributed by atoms with E-state index in [1.54, 1.807) is 0 Å². The third-order valence-electron chi connectivity index (χ3n) is 3.97. The summed E-state index contributed by atoms with van der Waals surface area (Å²) >= 11 is 0. The molecule has 5 heteroatoms. The molecule has 18 heavy (non-hydrogen) atoms. The molecule has 1 aliphatic carbocycles. The Morgan fingerprint density at radius 1 is 1.44 bits per heavy atom. The molecule has 2 N–H and O–H groups in total. The zero-order chi connectivity index (χ0) is 13.1. The highest BCUT2D eigenvalue weighted by Gasteiger charge is 2.49. The molecule has 0 aromatic heterocycles. The molecule has 2 aliphatic rings. The molecule has 0 radical (unpaired) electrons. The van der Waals surface area contributed by atoms with Gasteiger partial charge in [0.2, 0.25) is 5.91 Å². The zero-order valence-electron chi connectivity index (χ0n) is 10.3. The maximum absolute atomic E-state index is 12.0. The lowest BCUT2D eigenvalue weighted by molar-refractivity contribution is -0.149. The molecule has 2 rings (SSSR count).